The van der Waals surface area contributed by atoms with E-state index in [0.29, 0.717) is 30.8 Å². The predicted molar refractivity (Wildman–Crippen MR) is 129 cm³/mol. The van der Waals surface area contributed by atoms with E-state index in [1.165, 1.54) is 21.0 Å². The van der Waals surface area contributed by atoms with Gasteiger partial charge in [-0.25, -0.2) is 13.2 Å². The van der Waals surface area contributed by atoms with Gasteiger partial charge in [0.25, 0.3) is 0 Å². The fourth-order valence-electron chi connectivity index (χ4n) is 4.27. The van der Waals surface area contributed by atoms with Gasteiger partial charge in [-0.2, -0.15) is 9.40 Å². The number of benzene rings is 2. The molecule has 3 heterocycles. The summed E-state index contributed by atoms with van der Waals surface area (Å²) in [7, 11) is -3.63. The van der Waals surface area contributed by atoms with Crippen LogP contribution in [0, 0.1) is 0 Å². The number of rotatable bonds is 8. The second kappa shape index (κ2) is 9.51. The van der Waals surface area contributed by atoms with E-state index < -0.39 is 15.8 Å². The summed E-state index contributed by atoms with van der Waals surface area (Å²) in [5.41, 5.74) is 2.21. The quantitative estimate of drug-likeness (QED) is 0.401. The fraction of sp³-hybridized carbons (Fsp3) is 0.292. The number of aryl methyl sites for hydroxylation is 1. The van der Waals surface area contributed by atoms with Crippen LogP contribution in [0.2, 0.25) is 0 Å². The summed E-state index contributed by atoms with van der Waals surface area (Å²) in [6, 6.07) is 13.7. The molecule has 1 aliphatic rings. The Labute approximate surface area is 201 Å². The minimum Gasteiger partial charge on any atom is -0.408 e. The summed E-state index contributed by atoms with van der Waals surface area (Å²) < 4.78 is 35.5. The first-order chi connectivity index (χ1) is 16.9. The van der Waals surface area contributed by atoms with E-state index in [1.807, 2.05) is 36.5 Å². The number of anilines is 1. The van der Waals surface area contributed by atoms with Crippen molar-refractivity contribution in [1.29, 1.82) is 0 Å². The lowest BCUT2D eigenvalue weighted by molar-refractivity contribution is -0.116. The first-order valence-corrected chi connectivity index (χ1v) is 12.8. The molecule has 1 fully saturated rings. The van der Waals surface area contributed by atoms with Crippen molar-refractivity contribution in [3.63, 3.8) is 0 Å². The van der Waals surface area contributed by atoms with Crippen LogP contribution in [0.3, 0.4) is 0 Å². The van der Waals surface area contributed by atoms with Crippen molar-refractivity contribution >= 4 is 32.7 Å². The van der Waals surface area contributed by atoms with Gasteiger partial charge in [0.1, 0.15) is 0 Å². The Morgan fingerprint density at radius 3 is 2.66 bits per heavy atom. The van der Waals surface area contributed by atoms with Crippen molar-refractivity contribution in [2.24, 2.45) is 0 Å². The second-order valence-corrected chi connectivity index (χ2v) is 10.4. The van der Waals surface area contributed by atoms with Crippen molar-refractivity contribution in [1.82, 2.24) is 18.7 Å². The molecule has 0 spiro atoms. The summed E-state index contributed by atoms with van der Waals surface area (Å²) >= 11 is 0. The number of carbonyl (C=O) groups excluding carboxylic acids is 1. The molecule has 35 heavy (non-hydrogen) atoms. The number of hydrogen-bond donors (Lipinski definition) is 1. The lowest BCUT2D eigenvalue weighted by Crippen LogP contribution is -2.27. The number of nitrogens with one attached hydrogen (secondary N) is 1. The Morgan fingerprint density at radius 2 is 1.89 bits per heavy atom. The minimum absolute atomic E-state index is 0.0402. The lowest BCUT2D eigenvalue weighted by Gasteiger charge is -2.15. The SMILES string of the molecule is O=C(CCn1c(=O)oc2cc(S(=O)(=O)N3CCCC3)ccc21)Nc1ccccc1Cn1cccn1. The number of amides is 1. The molecule has 0 saturated carbocycles. The first kappa shape index (κ1) is 23.1. The average molecular weight is 496 g/mol. The number of hydrogen-bond acceptors (Lipinski definition) is 6. The fourth-order valence-corrected chi connectivity index (χ4v) is 5.80. The minimum atomic E-state index is -3.63. The van der Waals surface area contributed by atoms with E-state index in [-0.39, 0.29) is 29.4 Å². The van der Waals surface area contributed by atoms with Gasteiger partial charge >= 0.3 is 5.76 Å². The number of oxazole rings is 1. The van der Waals surface area contributed by atoms with E-state index in [0.717, 1.165) is 18.4 Å². The molecule has 1 saturated heterocycles. The van der Waals surface area contributed by atoms with Crippen LogP contribution in [0.1, 0.15) is 24.8 Å². The molecule has 2 aromatic carbocycles. The summed E-state index contributed by atoms with van der Waals surface area (Å²) in [6.07, 6.45) is 5.25. The van der Waals surface area contributed by atoms with Crippen LogP contribution in [-0.2, 0) is 27.9 Å². The van der Waals surface area contributed by atoms with E-state index in [2.05, 4.69) is 10.4 Å². The Kier molecular flexibility index (Phi) is 6.27. The van der Waals surface area contributed by atoms with Crippen LogP contribution in [0.15, 0.2) is 75.0 Å². The third kappa shape index (κ3) is 4.77. The highest BCUT2D eigenvalue weighted by molar-refractivity contribution is 7.89. The normalized spacial score (nSPS) is 14.5. The van der Waals surface area contributed by atoms with E-state index in [1.54, 1.807) is 16.9 Å². The molecule has 1 N–H and O–H groups in total. The highest BCUT2D eigenvalue weighted by atomic mass is 32.2. The lowest BCUT2D eigenvalue weighted by atomic mass is 10.1. The molecule has 0 radical (unpaired) electrons. The maximum atomic E-state index is 12.8. The maximum Gasteiger partial charge on any atom is 0.419 e. The number of sulfonamides is 1. The zero-order chi connectivity index (χ0) is 24.4. The second-order valence-electron chi connectivity index (χ2n) is 8.42. The standard InChI is InChI=1S/C24H25N5O5S/c30-23(26-20-7-2-1-6-18(20)17-27-12-5-11-25-27)10-15-29-21-9-8-19(16-22(21)34-24(29)31)35(32,33)28-13-3-4-14-28/h1-2,5-9,11-12,16H,3-4,10,13-15,17H2,(H,26,30). The molecule has 11 heteroatoms. The van der Waals surface area contributed by atoms with E-state index in [4.69, 9.17) is 4.42 Å². The summed E-state index contributed by atoms with van der Waals surface area (Å²) in [6.45, 7) is 1.59. The zero-order valence-corrected chi connectivity index (χ0v) is 19.8. The number of para-hydroxylation sites is 1. The molecule has 5 rings (SSSR count). The van der Waals surface area contributed by atoms with Crippen molar-refractivity contribution < 1.29 is 17.6 Å². The number of carbonyl (C=O) groups is 1. The third-order valence-corrected chi connectivity index (χ3v) is 7.98. The molecule has 4 aromatic rings. The molecule has 1 amide bonds. The summed E-state index contributed by atoms with van der Waals surface area (Å²) in [5.74, 6) is -0.894. The number of nitrogens with zero attached hydrogens (tertiary/aromatic N) is 4. The van der Waals surface area contributed by atoms with Crippen molar-refractivity contribution in [3.8, 4) is 0 Å². The Balaban J connectivity index is 1.29. The van der Waals surface area contributed by atoms with Crippen molar-refractivity contribution in [3.05, 3.63) is 77.0 Å². The highest BCUT2D eigenvalue weighted by Crippen LogP contribution is 2.24. The van der Waals surface area contributed by atoms with Crippen LogP contribution < -0.4 is 11.1 Å². The highest BCUT2D eigenvalue weighted by Gasteiger charge is 2.28. The van der Waals surface area contributed by atoms with Gasteiger partial charge in [0.15, 0.2) is 5.58 Å². The van der Waals surface area contributed by atoms with Gasteiger partial charge < -0.3 is 9.73 Å². The largest absolute Gasteiger partial charge is 0.419 e. The predicted octanol–water partition coefficient (Wildman–Crippen LogP) is 2.65. The number of fused-ring (bicyclic) bond motifs is 1. The van der Waals surface area contributed by atoms with E-state index >= 15 is 0 Å². The Bertz CT molecular complexity index is 1520. The van der Waals surface area contributed by atoms with Crippen LogP contribution in [0.5, 0.6) is 0 Å². The van der Waals surface area contributed by atoms with Crippen molar-refractivity contribution in [2.75, 3.05) is 18.4 Å². The Morgan fingerprint density at radius 1 is 1.09 bits per heavy atom. The first-order valence-electron chi connectivity index (χ1n) is 11.4. The topological polar surface area (TPSA) is 119 Å². The van der Waals surface area contributed by atoms with Gasteiger partial charge in [0.2, 0.25) is 15.9 Å². The van der Waals surface area contributed by atoms with Gasteiger partial charge in [-0.15, -0.1) is 0 Å². The molecule has 0 unspecified atom stereocenters. The van der Waals surface area contributed by atoms with Crippen LogP contribution >= 0.6 is 0 Å². The number of aromatic nitrogens is 3. The van der Waals surface area contributed by atoms with Crippen LogP contribution in [0.25, 0.3) is 11.1 Å². The van der Waals surface area contributed by atoms with Gasteiger partial charge in [-0.3, -0.25) is 14.0 Å². The Hall–Kier alpha value is -3.70. The van der Waals surface area contributed by atoms with Crippen LogP contribution in [-0.4, -0.2) is 46.1 Å². The molecule has 0 bridgehead atoms. The molecular formula is C24H25N5O5S. The van der Waals surface area contributed by atoms with Crippen molar-refractivity contribution in [2.45, 2.75) is 37.2 Å². The molecular weight excluding hydrogens is 470 g/mol. The summed E-state index contributed by atoms with van der Waals surface area (Å²) in [4.78, 5) is 25.2. The maximum absolute atomic E-state index is 12.8. The smallest absolute Gasteiger partial charge is 0.408 e. The average Bonchev–Trinajstić information content (AvgIpc) is 3.60. The zero-order valence-electron chi connectivity index (χ0n) is 19.0. The van der Waals surface area contributed by atoms with E-state index in [9.17, 15) is 18.0 Å². The molecule has 182 valence electrons. The summed E-state index contributed by atoms with van der Waals surface area (Å²) in [5, 5.41) is 7.10. The molecule has 0 aliphatic carbocycles. The molecule has 0 atom stereocenters. The van der Waals surface area contributed by atoms with Crippen LogP contribution in [0.4, 0.5) is 5.69 Å². The monoisotopic (exact) mass is 495 g/mol. The molecule has 10 nitrogen and oxygen atoms in total. The van der Waals surface area contributed by atoms with Gasteiger partial charge in [-0.1, -0.05) is 18.2 Å². The molecule has 2 aromatic heterocycles. The third-order valence-electron chi connectivity index (χ3n) is 6.09. The van der Waals surface area contributed by atoms with Gasteiger partial charge in [0, 0.05) is 50.2 Å². The molecule has 1 aliphatic heterocycles. The van der Waals surface area contributed by atoms with Gasteiger partial charge in [-0.05, 0) is 42.7 Å². The van der Waals surface area contributed by atoms with Gasteiger partial charge in [0.05, 0.1) is 17.0 Å².